The second kappa shape index (κ2) is 8.01. The summed E-state index contributed by atoms with van der Waals surface area (Å²) in [6, 6.07) is 15.4. The Kier molecular flexibility index (Phi) is 5.68. The Morgan fingerprint density at radius 2 is 1.71 bits per heavy atom. The molecule has 0 bridgehead atoms. The van der Waals surface area contributed by atoms with Gasteiger partial charge in [-0.25, -0.2) is 0 Å². The Labute approximate surface area is 166 Å². The minimum atomic E-state index is -0.0445. The number of amides is 1. The molecule has 0 atom stereocenters. The van der Waals surface area contributed by atoms with Crippen molar-refractivity contribution in [2.75, 3.05) is 11.9 Å². The summed E-state index contributed by atoms with van der Waals surface area (Å²) < 4.78 is 1.77. The summed E-state index contributed by atoms with van der Waals surface area (Å²) in [6.45, 7) is 8.86. The molecule has 3 rings (SSSR count). The number of hydrogen-bond acceptors (Lipinski definition) is 2. The fraction of sp³-hybridized carbons (Fsp3) is 0.333. The van der Waals surface area contributed by atoms with E-state index in [4.69, 9.17) is 0 Å². The zero-order valence-electron chi connectivity index (χ0n) is 17.3. The Morgan fingerprint density at radius 3 is 2.29 bits per heavy atom. The van der Waals surface area contributed by atoms with E-state index in [1.54, 1.807) is 22.6 Å². The predicted octanol–water partition coefficient (Wildman–Crippen LogP) is 4.98. The summed E-state index contributed by atoms with van der Waals surface area (Å²) in [7, 11) is 1.79. The second-order valence-electron chi connectivity index (χ2n) is 7.45. The van der Waals surface area contributed by atoms with Gasteiger partial charge in [0.1, 0.15) is 0 Å². The second-order valence-corrected chi connectivity index (χ2v) is 7.45. The molecule has 0 unspecified atom stereocenters. The zero-order chi connectivity index (χ0) is 20.4. The Bertz CT molecular complexity index is 1060. The van der Waals surface area contributed by atoms with Gasteiger partial charge in [-0.05, 0) is 60.7 Å². The lowest BCUT2D eigenvalue weighted by Gasteiger charge is -2.20. The summed E-state index contributed by atoms with van der Waals surface area (Å²) in [6.07, 6.45) is 0.950. The molecule has 28 heavy (non-hydrogen) atoms. The van der Waals surface area contributed by atoms with E-state index < -0.39 is 0 Å². The van der Waals surface area contributed by atoms with E-state index in [1.165, 1.54) is 5.56 Å². The first-order valence-corrected chi connectivity index (χ1v) is 9.91. The van der Waals surface area contributed by atoms with Gasteiger partial charge < -0.3 is 9.47 Å². The van der Waals surface area contributed by atoms with Gasteiger partial charge in [0, 0.05) is 36.3 Å². The lowest BCUT2D eigenvalue weighted by molar-refractivity contribution is 0.0993. The van der Waals surface area contributed by atoms with Crippen LogP contribution in [0.15, 0.2) is 53.3 Å². The maximum atomic E-state index is 12.9. The van der Waals surface area contributed by atoms with Crippen LogP contribution in [0.25, 0.3) is 10.9 Å². The van der Waals surface area contributed by atoms with Crippen molar-refractivity contribution in [3.63, 3.8) is 0 Å². The molecule has 0 spiro atoms. The Hall–Kier alpha value is -2.88. The van der Waals surface area contributed by atoms with E-state index in [9.17, 15) is 9.59 Å². The van der Waals surface area contributed by atoms with Gasteiger partial charge >= 0.3 is 0 Å². The fourth-order valence-corrected chi connectivity index (χ4v) is 3.60. The highest BCUT2D eigenvalue weighted by Crippen LogP contribution is 2.28. The number of benzene rings is 2. The molecule has 0 fully saturated rings. The third-order valence-corrected chi connectivity index (χ3v) is 5.37. The third-order valence-electron chi connectivity index (χ3n) is 5.37. The minimum Gasteiger partial charge on any atom is -0.311 e. The van der Waals surface area contributed by atoms with Crippen LogP contribution in [0.3, 0.4) is 0 Å². The maximum Gasteiger partial charge on any atom is 0.258 e. The quantitative estimate of drug-likeness (QED) is 0.630. The zero-order valence-corrected chi connectivity index (χ0v) is 17.3. The predicted molar refractivity (Wildman–Crippen MR) is 117 cm³/mol. The molecule has 0 aliphatic carbocycles. The van der Waals surface area contributed by atoms with Crippen molar-refractivity contribution in [3.05, 3.63) is 75.6 Å². The molecule has 0 N–H and O–H groups in total. The van der Waals surface area contributed by atoms with E-state index in [1.807, 2.05) is 49.4 Å². The molecule has 0 radical (unpaired) electrons. The molecule has 4 nitrogen and oxygen atoms in total. The highest BCUT2D eigenvalue weighted by atomic mass is 16.2. The number of pyridine rings is 1. The van der Waals surface area contributed by atoms with Crippen molar-refractivity contribution in [1.82, 2.24) is 4.57 Å². The first kappa shape index (κ1) is 19.9. The first-order chi connectivity index (χ1) is 13.4. The highest BCUT2D eigenvalue weighted by Gasteiger charge is 2.16. The Balaban J connectivity index is 2.07. The molecule has 0 aliphatic rings. The van der Waals surface area contributed by atoms with E-state index in [-0.39, 0.29) is 17.4 Å². The molecule has 3 aromatic rings. The van der Waals surface area contributed by atoms with Crippen molar-refractivity contribution < 1.29 is 4.79 Å². The van der Waals surface area contributed by atoms with Crippen LogP contribution in [0.2, 0.25) is 0 Å². The van der Waals surface area contributed by atoms with Crippen molar-refractivity contribution >= 4 is 22.5 Å². The first-order valence-electron chi connectivity index (χ1n) is 9.91. The smallest absolute Gasteiger partial charge is 0.258 e. The van der Waals surface area contributed by atoms with Gasteiger partial charge in [0.15, 0.2) is 0 Å². The van der Waals surface area contributed by atoms with Crippen LogP contribution in [0.5, 0.6) is 0 Å². The molecule has 2 aromatic carbocycles. The topological polar surface area (TPSA) is 42.3 Å². The van der Waals surface area contributed by atoms with Gasteiger partial charge in [0.2, 0.25) is 0 Å². The average molecular weight is 377 g/mol. The lowest BCUT2D eigenvalue weighted by Crippen LogP contribution is -2.26. The SMILES string of the molecule is CCc1ccc(C(=O)N(C)c2ccc3c(c2)c(C(C)C)cc(=O)n3CC)cc1. The van der Waals surface area contributed by atoms with Gasteiger partial charge in [0.05, 0.1) is 5.52 Å². The maximum absolute atomic E-state index is 12.9. The average Bonchev–Trinajstić information content (AvgIpc) is 2.71. The number of rotatable bonds is 5. The number of nitrogens with zero attached hydrogens (tertiary/aromatic N) is 2. The number of carbonyl (C=O) groups excluding carboxylic acids is 1. The van der Waals surface area contributed by atoms with Crippen LogP contribution in [0, 0.1) is 0 Å². The van der Waals surface area contributed by atoms with Crippen molar-refractivity contribution in [2.24, 2.45) is 0 Å². The normalized spacial score (nSPS) is 11.2. The van der Waals surface area contributed by atoms with Gasteiger partial charge in [-0.1, -0.05) is 32.9 Å². The molecular weight excluding hydrogens is 348 g/mol. The van der Waals surface area contributed by atoms with E-state index in [0.29, 0.717) is 12.1 Å². The number of hydrogen-bond donors (Lipinski definition) is 0. The standard InChI is InChI=1S/C24H28N2O2/c1-6-17-8-10-18(11-9-17)24(28)25(5)19-12-13-22-21(14-19)20(16(3)4)15-23(27)26(22)7-2/h8-16H,6-7H2,1-5H3. The van der Waals surface area contributed by atoms with Crippen molar-refractivity contribution in [3.8, 4) is 0 Å². The fourth-order valence-electron chi connectivity index (χ4n) is 3.60. The van der Waals surface area contributed by atoms with E-state index in [2.05, 4.69) is 20.8 Å². The molecular formula is C24H28N2O2. The number of aromatic nitrogens is 1. The van der Waals surface area contributed by atoms with Crippen LogP contribution in [0.4, 0.5) is 5.69 Å². The van der Waals surface area contributed by atoms with Crippen molar-refractivity contribution in [1.29, 1.82) is 0 Å². The van der Waals surface area contributed by atoms with Crippen LogP contribution in [0.1, 0.15) is 55.1 Å². The number of carbonyl (C=O) groups is 1. The van der Waals surface area contributed by atoms with Crippen LogP contribution in [-0.4, -0.2) is 17.5 Å². The van der Waals surface area contributed by atoms with Crippen LogP contribution in [-0.2, 0) is 13.0 Å². The summed E-state index contributed by atoms with van der Waals surface area (Å²) in [4.78, 5) is 27.1. The number of anilines is 1. The van der Waals surface area contributed by atoms with Gasteiger partial charge in [-0.3, -0.25) is 9.59 Å². The summed E-state index contributed by atoms with van der Waals surface area (Å²) in [5, 5.41) is 1.02. The molecule has 0 saturated heterocycles. The molecule has 1 heterocycles. The minimum absolute atomic E-state index is 0.0203. The van der Waals surface area contributed by atoms with Crippen molar-refractivity contribution in [2.45, 2.75) is 46.6 Å². The largest absolute Gasteiger partial charge is 0.311 e. The molecule has 4 heteroatoms. The molecule has 1 amide bonds. The summed E-state index contributed by atoms with van der Waals surface area (Å²) in [5.41, 5.74) is 4.65. The summed E-state index contributed by atoms with van der Waals surface area (Å²) in [5.74, 6) is 0.177. The third kappa shape index (κ3) is 3.59. The Morgan fingerprint density at radius 1 is 1.04 bits per heavy atom. The van der Waals surface area contributed by atoms with Gasteiger partial charge in [-0.15, -0.1) is 0 Å². The van der Waals surface area contributed by atoms with Crippen LogP contribution < -0.4 is 10.5 Å². The van der Waals surface area contributed by atoms with Gasteiger partial charge in [-0.2, -0.15) is 0 Å². The van der Waals surface area contributed by atoms with E-state index in [0.717, 1.165) is 28.6 Å². The molecule has 146 valence electrons. The molecule has 0 saturated carbocycles. The number of fused-ring (bicyclic) bond motifs is 1. The lowest BCUT2D eigenvalue weighted by atomic mass is 9.98. The van der Waals surface area contributed by atoms with E-state index >= 15 is 0 Å². The monoisotopic (exact) mass is 376 g/mol. The summed E-state index contributed by atoms with van der Waals surface area (Å²) >= 11 is 0. The van der Waals surface area contributed by atoms with Crippen LogP contribution >= 0.6 is 0 Å². The number of aryl methyl sites for hydroxylation is 2. The molecule has 1 aromatic heterocycles. The highest BCUT2D eigenvalue weighted by molar-refractivity contribution is 6.06. The van der Waals surface area contributed by atoms with Gasteiger partial charge in [0.25, 0.3) is 11.5 Å². The molecule has 0 aliphatic heterocycles.